The molecule has 0 unspecified atom stereocenters. The number of nitrogens with zero attached hydrogens (tertiary/aromatic N) is 5. The van der Waals surface area contributed by atoms with Gasteiger partial charge in [0.1, 0.15) is 0 Å². The van der Waals surface area contributed by atoms with E-state index >= 15 is 0 Å². The van der Waals surface area contributed by atoms with Crippen LogP contribution < -0.4 is 4.90 Å². The van der Waals surface area contributed by atoms with E-state index in [4.69, 9.17) is 14.7 Å². The summed E-state index contributed by atoms with van der Waals surface area (Å²) in [7, 11) is 0. The zero-order valence-corrected chi connectivity index (χ0v) is 27.4. The molecular weight excluding hydrogens is 598 g/mol. The molecule has 0 aromatic heterocycles. The van der Waals surface area contributed by atoms with Crippen LogP contribution in [0.3, 0.4) is 0 Å². The first-order valence-corrected chi connectivity index (χ1v) is 14.6. The highest BCUT2D eigenvalue weighted by atomic mass is 16.7. The van der Waals surface area contributed by atoms with Crippen LogP contribution in [-0.4, -0.2) is 34.0 Å². The van der Waals surface area contributed by atoms with Gasteiger partial charge in [-0.15, -0.1) is 0 Å². The van der Waals surface area contributed by atoms with Gasteiger partial charge < -0.3 is 14.6 Å². The number of carbonyl (C=O) groups is 2. The van der Waals surface area contributed by atoms with Gasteiger partial charge in [-0.2, -0.15) is 0 Å². The molecule has 0 spiro atoms. The second kappa shape index (κ2) is 16.9. The number of hydrogen-bond acceptors (Lipinski definition) is 10. The van der Waals surface area contributed by atoms with Crippen molar-refractivity contribution in [2.24, 2.45) is 15.3 Å². The number of anilines is 3. The molecule has 0 N–H and O–H groups in total. The van der Waals surface area contributed by atoms with Gasteiger partial charge in [-0.3, -0.25) is 15.1 Å². The third-order valence-corrected chi connectivity index (χ3v) is 6.69. The molecule has 0 bridgehead atoms. The van der Waals surface area contributed by atoms with E-state index in [-0.39, 0.29) is 5.69 Å². The van der Waals surface area contributed by atoms with E-state index in [0.717, 1.165) is 39.4 Å². The highest BCUT2D eigenvalue weighted by molar-refractivity contribution is 6.41. The SMILES string of the molecule is CC(=O)O/N=C(/C)c1ccc(N(c2ccccc2)c2ccc(C)c(N=C(C)/C(C)=N/OC(C)=O)c2)cc1.Cc1ccc([N+](=O)[O-])cc1. The summed E-state index contributed by atoms with van der Waals surface area (Å²) in [6.07, 6.45) is 0. The second-order valence-corrected chi connectivity index (χ2v) is 10.5. The summed E-state index contributed by atoms with van der Waals surface area (Å²) in [6, 6.07) is 30.3. The molecule has 11 heteroatoms. The number of nitro groups is 1. The minimum absolute atomic E-state index is 0.144. The highest BCUT2D eigenvalue weighted by Crippen LogP contribution is 2.37. The standard InChI is InChI=1S/C29H30N4O4.C7H7NO2/c1-19-12-15-28(18-29(19)30-20(2)21(3)31-36-23(5)34)33(26-10-8-7-9-11-26)27-16-13-25(14-17-27)22(4)32-37-24(6)35;1-6-2-4-7(5-3-6)8(9)10/h7-18H,1-6H3;2-5H,1H3/b30-20?,31-21+,32-22-;. The van der Waals surface area contributed by atoms with Crippen LogP contribution >= 0.6 is 0 Å². The summed E-state index contributed by atoms with van der Waals surface area (Å²) in [6.45, 7) is 11.8. The van der Waals surface area contributed by atoms with Gasteiger partial charge in [0, 0.05) is 43.0 Å². The lowest BCUT2D eigenvalue weighted by atomic mass is 10.1. The lowest BCUT2D eigenvalue weighted by molar-refractivity contribution is -0.384. The zero-order chi connectivity index (χ0) is 34.5. The van der Waals surface area contributed by atoms with Crippen molar-refractivity contribution < 1.29 is 24.2 Å². The molecule has 0 saturated heterocycles. The zero-order valence-electron chi connectivity index (χ0n) is 27.4. The molecule has 4 aromatic carbocycles. The molecule has 242 valence electrons. The quantitative estimate of drug-likeness (QED) is 0.0776. The molecule has 0 heterocycles. The number of oxime groups is 2. The van der Waals surface area contributed by atoms with Crippen LogP contribution in [0.1, 0.15) is 51.3 Å². The Labute approximate surface area is 274 Å². The topological polar surface area (TPSA) is 136 Å². The number of hydrogen-bond donors (Lipinski definition) is 0. The van der Waals surface area contributed by atoms with Gasteiger partial charge in [0.2, 0.25) is 0 Å². The average Bonchev–Trinajstić information content (AvgIpc) is 3.05. The molecule has 0 radical (unpaired) electrons. The predicted octanol–water partition coefficient (Wildman–Crippen LogP) is 8.69. The summed E-state index contributed by atoms with van der Waals surface area (Å²) >= 11 is 0. The Hall–Kier alpha value is -5.97. The predicted molar refractivity (Wildman–Crippen MR) is 185 cm³/mol. The summed E-state index contributed by atoms with van der Waals surface area (Å²) in [5, 5.41) is 17.8. The molecule has 0 amide bonds. The van der Waals surface area contributed by atoms with Crippen LogP contribution in [0, 0.1) is 24.0 Å². The number of rotatable bonds is 9. The Morgan fingerprint density at radius 2 is 1.23 bits per heavy atom. The number of aryl methyl sites for hydroxylation is 2. The number of non-ortho nitro benzene ring substituents is 1. The monoisotopic (exact) mass is 635 g/mol. The van der Waals surface area contributed by atoms with Crippen molar-refractivity contribution in [1.82, 2.24) is 0 Å². The van der Waals surface area contributed by atoms with Crippen LogP contribution in [0.25, 0.3) is 0 Å². The Kier molecular flexibility index (Phi) is 12.8. The van der Waals surface area contributed by atoms with E-state index in [1.807, 2.05) is 93.6 Å². The molecule has 47 heavy (non-hydrogen) atoms. The maximum Gasteiger partial charge on any atom is 0.331 e. The maximum atomic E-state index is 11.1. The smallest absolute Gasteiger partial charge is 0.318 e. The number of benzene rings is 4. The average molecular weight is 636 g/mol. The van der Waals surface area contributed by atoms with Crippen molar-refractivity contribution in [3.8, 4) is 0 Å². The third kappa shape index (κ3) is 10.9. The fourth-order valence-electron chi connectivity index (χ4n) is 4.05. The molecule has 0 aliphatic heterocycles. The Bertz CT molecular complexity index is 1800. The Balaban J connectivity index is 0.000000511. The molecule has 4 rings (SSSR count). The molecule has 0 aliphatic rings. The van der Waals surface area contributed by atoms with Crippen molar-refractivity contribution in [3.63, 3.8) is 0 Å². The first-order valence-electron chi connectivity index (χ1n) is 14.6. The number of carbonyl (C=O) groups excluding carboxylic acids is 2. The van der Waals surface area contributed by atoms with Gasteiger partial charge in [-0.05, 0) is 82.1 Å². The van der Waals surface area contributed by atoms with Crippen LogP contribution in [0.15, 0.2) is 112 Å². The molecule has 0 atom stereocenters. The van der Waals surface area contributed by atoms with Crippen LogP contribution in [0.2, 0.25) is 0 Å². The lowest BCUT2D eigenvalue weighted by Crippen LogP contribution is -2.10. The summed E-state index contributed by atoms with van der Waals surface area (Å²) < 4.78 is 0. The largest absolute Gasteiger partial charge is 0.331 e. The Morgan fingerprint density at radius 1 is 0.681 bits per heavy atom. The fraction of sp³-hybridized carbons (Fsp3) is 0.194. The molecule has 11 nitrogen and oxygen atoms in total. The highest BCUT2D eigenvalue weighted by Gasteiger charge is 2.14. The minimum atomic E-state index is -0.484. The van der Waals surface area contributed by atoms with Crippen LogP contribution in [0.5, 0.6) is 0 Å². The summed E-state index contributed by atoms with van der Waals surface area (Å²) in [5.74, 6) is -0.949. The molecule has 0 saturated carbocycles. The van der Waals surface area contributed by atoms with Gasteiger partial charge in [-0.1, -0.05) is 64.4 Å². The van der Waals surface area contributed by atoms with E-state index in [1.165, 1.54) is 26.0 Å². The minimum Gasteiger partial charge on any atom is -0.318 e. The molecule has 4 aromatic rings. The summed E-state index contributed by atoms with van der Waals surface area (Å²) in [5.41, 5.74) is 8.35. The van der Waals surface area contributed by atoms with E-state index in [9.17, 15) is 19.7 Å². The van der Waals surface area contributed by atoms with Gasteiger partial charge >= 0.3 is 11.9 Å². The van der Waals surface area contributed by atoms with Crippen molar-refractivity contribution in [1.29, 1.82) is 0 Å². The summed E-state index contributed by atoms with van der Waals surface area (Å²) in [4.78, 5) is 48.3. The van der Waals surface area contributed by atoms with E-state index < -0.39 is 16.9 Å². The van der Waals surface area contributed by atoms with Gasteiger partial charge in [-0.25, -0.2) is 9.59 Å². The van der Waals surface area contributed by atoms with E-state index in [2.05, 4.69) is 15.2 Å². The Morgan fingerprint density at radius 3 is 1.81 bits per heavy atom. The van der Waals surface area contributed by atoms with Crippen LogP contribution in [-0.2, 0) is 19.3 Å². The van der Waals surface area contributed by atoms with Gasteiger partial charge in [0.15, 0.2) is 0 Å². The van der Waals surface area contributed by atoms with E-state index in [0.29, 0.717) is 17.1 Å². The lowest BCUT2D eigenvalue weighted by Gasteiger charge is -2.26. The second-order valence-electron chi connectivity index (χ2n) is 10.5. The normalized spacial score (nSPS) is 11.6. The molecular formula is C36H37N5O6. The van der Waals surface area contributed by atoms with Crippen molar-refractivity contribution >= 4 is 57.5 Å². The first kappa shape index (κ1) is 35.5. The van der Waals surface area contributed by atoms with Crippen molar-refractivity contribution in [2.75, 3.05) is 4.90 Å². The number of para-hydroxylation sites is 1. The van der Waals surface area contributed by atoms with Gasteiger partial charge in [0.05, 0.1) is 27.7 Å². The molecule has 0 aliphatic carbocycles. The van der Waals surface area contributed by atoms with Crippen molar-refractivity contribution in [2.45, 2.75) is 48.5 Å². The fourth-order valence-corrected chi connectivity index (χ4v) is 4.05. The van der Waals surface area contributed by atoms with Crippen LogP contribution in [0.4, 0.5) is 28.4 Å². The van der Waals surface area contributed by atoms with Gasteiger partial charge in [0.25, 0.3) is 5.69 Å². The van der Waals surface area contributed by atoms with Crippen molar-refractivity contribution in [3.05, 3.63) is 124 Å². The maximum absolute atomic E-state index is 11.1. The first-order chi connectivity index (χ1) is 22.3. The number of aliphatic imine (C=N–C) groups is 1. The number of nitro benzene ring substituents is 1. The third-order valence-electron chi connectivity index (χ3n) is 6.69. The van der Waals surface area contributed by atoms with E-state index in [1.54, 1.807) is 26.0 Å². The molecule has 0 fully saturated rings.